The van der Waals surface area contributed by atoms with Gasteiger partial charge in [-0.3, -0.25) is 0 Å². The second-order valence-electron chi connectivity index (χ2n) is 6.14. The van der Waals surface area contributed by atoms with Crippen LogP contribution >= 0.6 is 0 Å². The standard InChI is InChI=1S/C14H26N4O2S/c1-11-8-18(10-14(11)16(3)4)21(19,20)13-6-12(7-15-2)17(5)9-13/h6,9,11,14-15H,7-8,10H2,1-5H3. The van der Waals surface area contributed by atoms with Gasteiger partial charge in [-0.15, -0.1) is 0 Å². The van der Waals surface area contributed by atoms with Gasteiger partial charge in [-0.2, -0.15) is 4.31 Å². The van der Waals surface area contributed by atoms with Crippen molar-refractivity contribution in [3.05, 3.63) is 18.0 Å². The highest BCUT2D eigenvalue weighted by molar-refractivity contribution is 7.89. The lowest BCUT2D eigenvalue weighted by molar-refractivity contribution is 0.263. The maximum atomic E-state index is 12.8. The lowest BCUT2D eigenvalue weighted by Gasteiger charge is -2.22. The average molecular weight is 314 g/mol. The number of sulfonamides is 1. The van der Waals surface area contributed by atoms with E-state index in [1.807, 2.05) is 32.8 Å². The molecule has 0 radical (unpaired) electrons. The molecule has 1 aromatic rings. The minimum absolute atomic E-state index is 0.278. The summed E-state index contributed by atoms with van der Waals surface area (Å²) in [6.07, 6.45) is 1.70. The van der Waals surface area contributed by atoms with E-state index in [4.69, 9.17) is 0 Å². The molecule has 6 nitrogen and oxygen atoms in total. The summed E-state index contributed by atoms with van der Waals surface area (Å²) in [4.78, 5) is 2.50. The van der Waals surface area contributed by atoms with Crippen molar-refractivity contribution < 1.29 is 8.42 Å². The molecule has 2 atom stereocenters. The minimum Gasteiger partial charge on any atom is -0.352 e. The van der Waals surface area contributed by atoms with Crippen LogP contribution in [0.5, 0.6) is 0 Å². The van der Waals surface area contributed by atoms with E-state index < -0.39 is 10.0 Å². The molecule has 120 valence electrons. The van der Waals surface area contributed by atoms with E-state index in [1.54, 1.807) is 16.6 Å². The molecule has 0 spiro atoms. The van der Waals surface area contributed by atoms with E-state index in [9.17, 15) is 8.42 Å². The van der Waals surface area contributed by atoms with E-state index in [2.05, 4.69) is 17.1 Å². The van der Waals surface area contributed by atoms with Gasteiger partial charge < -0.3 is 14.8 Å². The lowest BCUT2D eigenvalue weighted by Crippen LogP contribution is -2.35. The number of aromatic nitrogens is 1. The first-order valence-electron chi connectivity index (χ1n) is 7.23. The van der Waals surface area contributed by atoms with Gasteiger partial charge in [0.15, 0.2) is 0 Å². The number of hydrogen-bond donors (Lipinski definition) is 1. The van der Waals surface area contributed by atoms with Crippen LogP contribution in [-0.4, -0.2) is 62.5 Å². The molecule has 0 aromatic carbocycles. The van der Waals surface area contributed by atoms with E-state index >= 15 is 0 Å². The summed E-state index contributed by atoms with van der Waals surface area (Å²) in [6.45, 7) is 3.91. The summed E-state index contributed by atoms with van der Waals surface area (Å²) in [5.41, 5.74) is 0.965. The Kier molecular flexibility index (Phi) is 4.77. The Balaban J connectivity index is 2.25. The predicted octanol–water partition coefficient (Wildman–Crippen LogP) is 0.315. The third-order valence-electron chi connectivity index (χ3n) is 4.28. The van der Waals surface area contributed by atoms with Gasteiger partial charge in [0.25, 0.3) is 0 Å². The monoisotopic (exact) mass is 314 g/mol. The Bertz CT molecular complexity index is 594. The Labute approximate surface area is 127 Å². The predicted molar refractivity (Wildman–Crippen MR) is 83.6 cm³/mol. The highest BCUT2D eigenvalue weighted by Gasteiger charge is 2.38. The third-order valence-corrected chi connectivity index (χ3v) is 6.08. The number of aryl methyl sites for hydroxylation is 1. The van der Waals surface area contributed by atoms with Gasteiger partial charge in [0.05, 0.1) is 0 Å². The zero-order chi connectivity index (χ0) is 15.8. The first kappa shape index (κ1) is 16.5. The first-order chi connectivity index (χ1) is 9.77. The minimum atomic E-state index is -3.40. The molecule has 0 bridgehead atoms. The maximum absolute atomic E-state index is 12.8. The Morgan fingerprint density at radius 3 is 2.57 bits per heavy atom. The summed E-state index contributed by atoms with van der Waals surface area (Å²) in [6, 6.07) is 2.04. The molecule has 0 amide bonds. The molecule has 1 aliphatic rings. The van der Waals surface area contributed by atoms with Gasteiger partial charge in [-0.05, 0) is 33.1 Å². The molecule has 1 N–H and O–H groups in total. The van der Waals surface area contributed by atoms with Crippen LogP contribution < -0.4 is 5.32 Å². The zero-order valence-electron chi connectivity index (χ0n) is 13.5. The van der Waals surface area contributed by atoms with Crippen molar-refractivity contribution in [3.63, 3.8) is 0 Å². The van der Waals surface area contributed by atoms with Crippen molar-refractivity contribution in [2.24, 2.45) is 13.0 Å². The van der Waals surface area contributed by atoms with Crippen molar-refractivity contribution >= 4 is 10.0 Å². The van der Waals surface area contributed by atoms with Crippen LogP contribution in [0.4, 0.5) is 0 Å². The van der Waals surface area contributed by atoms with Crippen molar-refractivity contribution in [1.29, 1.82) is 0 Å². The molecule has 0 saturated carbocycles. The number of rotatable bonds is 5. The molecule has 1 fully saturated rings. The van der Waals surface area contributed by atoms with E-state index in [1.165, 1.54) is 0 Å². The van der Waals surface area contributed by atoms with Crippen LogP contribution in [0, 0.1) is 5.92 Å². The Hall–Kier alpha value is -0.890. The van der Waals surface area contributed by atoms with Gasteiger partial charge in [-0.25, -0.2) is 8.42 Å². The van der Waals surface area contributed by atoms with E-state index in [0.29, 0.717) is 30.4 Å². The summed E-state index contributed by atoms with van der Waals surface area (Å²) in [5.74, 6) is 0.343. The fourth-order valence-electron chi connectivity index (χ4n) is 3.00. The zero-order valence-corrected chi connectivity index (χ0v) is 14.3. The Morgan fingerprint density at radius 2 is 2.05 bits per heavy atom. The lowest BCUT2D eigenvalue weighted by atomic mass is 10.1. The number of hydrogen-bond acceptors (Lipinski definition) is 4. The number of nitrogens with one attached hydrogen (secondary N) is 1. The molecule has 2 unspecified atom stereocenters. The molecular weight excluding hydrogens is 288 g/mol. The second-order valence-corrected chi connectivity index (χ2v) is 8.08. The second kappa shape index (κ2) is 6.08. The highest BCUT2D eigenvalue weighted by Crippen LogP contribution is 2.27. The SMILES string of the molecule is CNCc1cc(S(=O)(=O)N2CC(C)C(N(C)C)C2)cn1C. The largest absolute Gasteiger partial charge is 0.352 e. The average Bonchev–Trinajstić information content (AvgIpc) is 2.95. The van der Waals surface area contributed by atoms with Crippen LogP contribution in [0.25, 0.3) is 0 Å². The molecule has 1 saturated heterocycles. The topological polar surface area (TPSA) is 57.6 Å². The first-order valence-corrected chi connectivity index (χ1v) is 8.67. The molecule has 21 heavy (non-hydrogen) atoms. The van der Waals surface area contributed by atoms with E-state index in [-0.39, 0.29) is 6.04 Å². The maximum Gasteiger partial charge on any atom is 0.244 e. The number of nitrogens with zero attached hydrogens (tertiary/aromatic N) is 3. The van der Waals surface area contributed by atoms with Crippen LogP contribution in [0.2, 0.25) is 0 Å². The van der Waals surface area contributed by atoms with E-state index in [0.717, 1.165) is 5.69 Å². The van der Waals surface area contributed by atoms with Crippen LogP contribution in [0.3, 0.4) is 0 Å². The van der Waals surface area contributed by atoms with Gasteiger partial charge in [0.1, 0.15) is 4.90 Å². The van der Waals surface area contributed by atoms with Gasteiger partial charge in [0.2, 0.25) is 10.0 Å². The van der Waals surface area contributed by atoms with Crippen molar-refractivity contribution in [3.8, 4) is 0 Å². The van der Waals surface area contributed by atoms with Crippen LogP contribution in [-0.2, 0) is 23.6 Å². The molecule has 1 aliphatic heterocycles. The fourth-order valence-corrected chi connectivity index (χ4v) is 4.65. The van der Waals surface area contributed by atoms with Crippen molar-refractivity contribution in [1.82, 2.24) is 19.1 Å². The van der Waals surface area contributed by atoms with Gasteiger partial charge in [-0.1, -0.05) is 6.92 Å². The summed E-state index contributed by atoms with van der Waals surface area (Å²) < 4.78 is 29.1. The quantitative estimate of drug-likeness (QED) is 0.850. The summed E-state index contributed by atoms with van der Waals surface area (Å²) >= 11 is 0. The molecule has 2 heterocycles. The van der Waals surface area contributed by atoms with Crippen molar-refractivity contribution in [2.75, 3.05) is 34.2 Å². The van der Waals surface area contributed by atoms with Gasteiger partial charge in [0, 0.05) is 44.6 Å². The molecule has 1 aromatic heterocycles. The molecular formula is C14H26N4O2S. The summed E-state index contributed by atoms with van der Waals surface area (Å²) in [7, 11) is 4.34. The Morgan fingerprint density at radius 1 is 1.38 bits per heavy atom. The molecule has 7 heteroatoms. The van der Waals surface area contributed by atoms with Gasteiger partial charge >= 0.3 is 0 Å². The summed E-state index contributed by atoms with van der Waals surface area (Å²) in [5, 5.41) is 3.05. The third kappa shape index (κ3) is 3.15. The number of likely N-dealkylation sites (N-methyl/N-ethyl adjacent to an activating group) is 1. The molecule has 2 rings (SSSR count). The van der Waals surface area contributed by atoms with Crippen molar-refractivity contribution in [2.45, 2.75) is 24.4 Å². The van der Waals surface area contributed by atoms with Crippen LogP contribution in [0.15, 0.2) is 17.2 Å². The normalized spacial score (nSPS) is 24.1. The molecule has 0 aliphatic carbocycles. The fraction of sp³-hybridized carbons (Fsp3) is 0.714. The smallest absolute Gasteiger partial charge is 0.244 e. The highest BCUT2D eigenvalue weighted by atomic mass is 32.2. The van der Waals surface area contributed by atoms with Crippen LogP contribution in [0.1, 0.15) is 12.6 Å².